The number of aromatic nitrogens is 2. The van der Waals surface area contributed by atoms with Crippen molar-refractivity contribution in [1.29, 1.82) is 0 Å². The van der Waals surface area contributed by atoms with Crippen molar-refractivity contribution in [1.82, 2.24) is 9.55 Å². The molecule has 1 aliphatic carbocycles. The fraction of sp³-hybridized carbons (Fsp3) is 0.727. The van der Waals surface area contributed by atoms with E-state index in [0.29, 0.717) is 6.61 Å². The minimum Gasteiger partial charge on any atom is -0.372 e. The first kappa shape index (κ1) is 9.36. The van der Waals surface area contributed by atoms with Crippen LogP contribution in [0.25, 0.3) is 0 Å². The Kier molecular flexibility index (Phi) is 2.07. The van der Waals surface area contributed by atoms with Crippen LogP contribution in [0.3, 0.4) is 0 Å². The summed E-state index contributed by atoms with van der Waals surface area (Å²) in [7, 11) is 0. The molecule has 4 nitrogen and oxygen atoms in total. The highest BCUT2D eigenvalue weighted by Gasteiger charge is 2.37. The van der Waals surface area contributed by atoms with Gasteiger partial charge < -0.3 is 15.0 Å². The molecule has 15 heavy (non-hydrogen) atoms. The van der Waals surface area contributed by atoms with Crippen molar-refractivity contribution in [3.8, 4) is 0 Å². The Morgan fingerprint density at radius 1 is 1.53 bits per heavy atom. The lowest BCUT2D eigenvalue weighted by molar-refractivity contribution is 0.0816. The van der Waals surface area contributed by atoms with E-state index in [-0.39, 0.29) is 5.54 Å². The first-order valence-electron chi connectivity index (χ1n) is 5.67. The van der Waals surface area contributed by atoms with Crippen LogP contribution >= 0.6 is 0 Å². The maximum atomic E-state index is 6.06. The van der Waals surface area contributed by atoms with Crippen LogP contribution in [0.1, 0.15) is 30.8 Å². The van der Waals surface area contributed by atoms with Crippen LogP contribution in [-0.2, 0) is 24.3 Å². The molecule has 0 unspecified atom stereocenters. The van der Waals surface area contributed by atoms with Gasteiger partial charge in [-0.1, -0.05) is 0 Å². The summed E-state index contributed by atoms with van der Waals surface area (Å²) in [5.41, 5.74) is 7.37. The second-order valence-corrected chi connectivity index (χ2v) is 4.76. The number of nitrogens with zero attached hydrogens (tertiary/aromatic N) is 2. The van der Waals surface area contributed by atoms with E-state index in [4.69, 9.17) is 10.5 Å². The fourth-order valence-corrected chi connectivity index (χ4v) is 2.06. The van der Waals surface area contributed by atoms with Gasteiger partial charge in [-0.3, -0.25) is 0 Å². The maximum absolute atomic E-state index is 6.06. The molecule has 1 aromatic rings. The molecule has 1 aliphatic heterocycles. The van der Waals surface area contributed by atoms with E-state index in [1.54, 1.807) is 0 Å². The smallest absolute Gasteiger partial charge is 0.135 e. The van der Waals surface area contributed by atoms with E-state index in [0.717, 1.165) is 31.8 Å². The van der Waals surface area contributed by atoms with Crippen LogP contribution < -0.4 is 5.73 Å². The minimum absolute atomic E-state index is 0.140. The number of hydrogen-bond acceptors (Lipinski definition) is 3. The van der Waals surface area contributed by atoms with Gasteiger partial charge in [-0.15, -0.1) is 0 Å². The van der Waals surface area contributed by atoms with Crippen LogP contribution in [0.4, 0.5) is 0 Å². The Hall–Kier alpha value is -0.870. The molecule has 0 spiro atoms. The number of nitrogens with two attached hydrogens (primary N) is 1. The molecule has 0 atom stereocenters. The molecular weight excluding hydrogens is 190 g/mol. The molecule has 0 radical (unpaired) electrons. The van der Waals surface area contributed by atoms with Gasteiger partial charge in [-0.2, -0.15) is 0 Å². The molecule has 3 rings (SSSR count). The van der Waals surface area contributed by atoms with Crippen LogP contribution in [0.2, 0.25) is 0 Å². The normalized spacial score (nSPS) is 22.5. The fourth-order valence-electron chi connectivity index (χ4n) is 2.06. The van der Waals surface area contributed by atoms with Gasteiger partial charge >= 0.3 is 0 Å². The SMILES string of the molecule is NC1(CCc2cn3c(n2)COCC3)CC1. The van der Waals surface area contributed by atoms with Crippen molar-refractivity contribution >= 4 is 0 Å². The summed E-state index contributed by atoms with van der Waals surface area (Å²) < 4.78 is 7.56. The van der Waals surface area contributed by atoms with Crippen LogP contribution in [0, 0.1) is 0 Å². The summed E-state index contributed by atoms with van der Waals surface area (Å²) in [5, 5.41) is 0. The average molecular weight is 207 g/mol. The van der Waals surface area contributed by atoms with Gasteiger partial charge in [-0.25, -0.2) is 4.98 Å². The summed E-state index contributed by atoms with van der Waals surface area (Å²) in [6.45, 7) is 2.41. The number of aryl methyl sites for hydroxylation is 1. The van der Waals surface area contributed by atoms with Crippen molar-refractivity contribution in [3.05, 3.63) is 17.7 Å². The Labute approximate surface area is 89.4 Å². The molecule has 2 aliphatic rings. The van der Waals surface area contributed by atoms with E-state index < -0.39 is 0 Å². The lowest BCUT2D eigenvalue weighted by Gasteiger charge is -2.13. The van der Waals surface area contributed by atoms with Crippen molar-refractivity contribution < 1.29 is 4.74 Å². The van der Waals surface area contributed by atoms with Crippen molar-refractivity contribution in [2.75, 3.05) is 6.61 Å². The van der Waals surface area contributed by atoms with Gasteiger partial charge in [0.05, 0.1) is 12.3 Å². The number of ether oxygens (including phenoxy) is 1. The average Bonchev–Trinajstić information content (AvgIpc) is 2.83. The number of imidazole rings is 1. The lowest BCUT2D eigenvalue weighted by atomic mass is 10.1. The van der Waals surface area contributed by atoms with Gasteiger partial charge in [-0.05, 0) is 25.7 Å². The van der Waals surface area contributed by atoms with Gasteiger partial charge in [0, 0.05) is 18.3 Å². The molecule has 0 bridgehead atoms. The molecule has 0 aromatic carbocycles. The molecular formula is C11H17N3O. The van der Waals surface area contributed by atoms with Crippen LogP contribution in [0.15, 0.2) is 6.20 Å². The summed E-state index contributed by atoms with van der Waals surface area (Å²) in [4.78, 5) is 4.56. The molecule has 2 N–H and O–H groups in total. The zero-order valence-electron chi connectivity index (χ0n) is 8.91. The van der Waals surface area contributed by atoms with E-state index in [1.807, 2.05) is 0 Å². The Morgan fingerprint density at radius 2 is 2.40 bits per heavy atom. The topological polar surface area (TPSA) is 53.1 Å². The standard InChI is InChI=1S/C11H17N3O/c12-11(3-4-11)2-1-9-7-14-5-6-15-8-10(14)13-9/h7H,1-6,8,12H2. The third-order valence-electron chi connectivity index (χ3n) is 3.39. The molecule has 1 aromatic heterocycles. The van der Waals surface area contributed by atoms with Gasteiger partial charge in [0.1, 0.15) is 12.4 Å². The minimum atomic E-state index is 0.140. The van der Waals surface area contributed by atoms with Crippen LogP contribution in [0.5, 0.6) is 0 Å². The van der Waals surface area contributed by atoms with Gasteiger partial charge in [0.15, 0.2) is 0 Å². The summed E-state index contributed by atoms with van der Waals surface area (Å²) >= 11 is 0. The number of hydrogen-bond donors (Lipinski definition) is 1. The molecule has 4 heteroatoms. The second kappa shape index (κ2) is 3.32. The summed E-state index contributed by atoms with van der Waals surface area (Å²) in [6, 6.07) is 0. The van der Waals surface area contributed by atoms with Gasteiger partial charge in [0.25, 0.3) is 0 Å². The highest BCUT2D eigenvalue weighted by Crippen LogP contribution is 2.36. The van der Waals surface area contributed by atoms with Crippen LogP contribution in [-0.4, -0.2) is 21.7 Å². The maximum Gasteiger partial charge on any atom is 0.135 e. The summed E-state index contributed by atoms with van der Waals surface area (Å²) in [5.74, 6) is 1.07. The molecule has 0 amide bonds. The molecule has 2 heterocycles. The zero-order chi connectivity index (χ0) is 10.3. The Balaban J connectivity index is 1.67. The van der Waals surface area contributed by atoms with Gasteiger partial charge in [0.2, 0.25) is 0 Å². The highest BCUT2D eigenvalue weighted by atomic mass is 16.5. The monoisotopic (exact) mass is 207 g/mol. The first-order chi connectivity index (χ1) is 7.25. The zero-order valence-corrected chi connectivity index (χ0v) is 8.91. The molecule has 82 valence electrons. The van der Waals surface area contributed by atoms with E-state index in [9.17, 15) is 0 Å². The Bertz CT molecular complexity index is 344. The lowest BCUT2D eigenvalue weighted by Crippen LogP contribution is -2.22. The van der Waals surface area contributed by atoms with E-state index >= 15 is 0 Å². The largest absolute Gasteiger partial charge is 0.372 e. The van der Waals surface area contributed by atoms with Crippen molar-refractivity contribution in [3.63, 3.8) is 0 Å². The number of fused-ring (bicyclic) bond motifs is 1. The van der Waals surface area contributed by atoms with E-state index in [2.05, 4.69) is 15.7 Å². The van der Waals surface area contributed by atoms with Crippen molar-refractivity contribution in [2.24, 2.45) is 5.73 Å². The van der Waals surface area contributed by atoms with Crippen molar-refractivity contribution in [2.45, 2.75) is 44.4 Å². The molecule has 1 fully saturated rings. The predicted molar refractivity (Wildman–Crippen MR) is 56.4 cm³/mol. The number of rotatable bonds is 3. The first-order valence-corrected chi connectivity index (χ1v) is 5.67. The predicted octanol–water partition coefficient (Wildman–Crippen LogP) is 0.837. The molecule has 0 saturated heterocycles. The third kappa shape index (κ3) is 1.92. The third-order valence-corrected chi connectivity index (χ3v) is 3.39. The second-order valence-electron chi connectivity index (χ2n) is 4.76. The quantitative estimate of drug-likeness (QED) is 0.799. The summed E-state index contributed by atoms with van der Waals surface area (Å²) in [6.07, 6.45) is 6.61. The molecule has 1 saturated carbocycles. The Morgan fingerprint density at radius 3 is 3.13 bits per heavy atom. The van der Waals surface area contributed by atoms with E-state index in [1.165, 1.54) is 18.5 Å². The highest BCUT2D eigenvalue weighted by molar-refractivity contribution is 5.08.